The van der Waals surface area contributed by atoms with Gasteiger partial charge in [0.2, 0.25) is 0 Å². The van der Waals surface area contributed by atoms with E-state index in [1.54, 1.807) is 0 Å². The number of alkyl halides is 1. The van der Waals surface area contributed by atoms with Crippen LogP contribution in [-0.4, -0.2) is 4.32 Å². The van der Waals surface area contributed by atoms with Crippen LogP contribution in [0.4, 0.5) is 0 Å². The summed E-state index contributed by atoms with van der Waals surface area (Å²) in [6.07, 6.45) is 1.99. The molecule has 0 aromatic rings. The van der Waals surface area contributed by atoms with Crippen molar-refractivity contribution in [1.82, 2.24) is 0 Å². The molecule has 0 aromatic heterocycles. The van der Waals surface area contributed by atoms with Gasteiger partial charge in [0.05, 0.1) is 12.1 Å². The van der Waals surface area contributed by atoms with Crippen LogP contribution in [0.15, 0.2) is 0 Å². The molecule has 1 unspecified atom stereocenters. The Labute approximate surface area is 95.0 Å². The Kier molecular flexibility index (Phi) is 4.62. The second-order valence-corrected chi connectivity index (χ2v) is 6.11. The molecule has 0 aromatic carbocycles. The number of hydrogen-bond acceptors (Lipinski definition) is 2. The van der Waals surface area contributed by atoms with Crippen LogP contribution < -0.4 is 0 Å². The van der Waals surface area contributed by atoms with E-state index < -0.39 is 5.92 Å². The Balaban J connectivity index is 4.95. The molecule has 0 aliphatic rings. The molecule has 2 nitrogen and oxygen atoms in total. The Hall–Kier alpha value is -0.540. The number of hydrogen-bond donors (Lipinski definition) is 0. The summed E-state index contributed by atoms with van der Waals surface area (Å²) >= 11 is 3.64. The summed E-state index contributed by atoms with van der Waals surface area (Å²) in [4.78, 5) is 0. The van der Waals surface area contributed by atoms with Crippen LogP contribution in [-0.2, 0) is 0 Å². The maximum Gasteiger partial charge on any atom is 0.139 e. The summed E-state index contributed by atoms with van der Waals surface area (Å²) < 4.78 is -0.162. The van der Waals surface area contributed by atoms with Crippen molar-refractivity contribution in [3.63, 3.8) is 0 Å². The van der Waals surface area contributed by atoms with Crippen LogP contribution >= 0.6 is 15.9 Å². The molecule has 0 heterocycles. The van der Waals surface area contributed by atoms with Crippen molar-refractivity contribution in [2.24, 2.45) is 11.3 Å². The molecule has 0 fully saturated rings. The van der Waals surface area contributed by atoms with E-state index in [0.717, 1.165) is 12.8 Å². The SMILES string of the molecule is CCCC(C)(Br)C(C)(C)C(C#N)C#N. The van der Waals surface area contributed by atoms with Crippen LogP contribution in [0.5, 0.6) is 0 Å². The smallest absolute Gasteiger partial charge is 0.139 e. The van der Waals surface area contributed by atoms with Gasteiger partial charge < -0.3 is 0 Å². The van der Waals surface area contributed by atoms with Crippen LogP contribution in [0.25, 0.3) is 0 Å². The molecule has 0 rings (SSSR count). The van der Waals surface area contributed by atoms with Crippen molar-refractivity contribution in [3.05, 3.63) is 0 Å². The first kappa shape index (κ1) is 13.5. The van der Waals surface area contributed by atoms with Gasteiger partial charge in [0.1, 0.15) is 5.92 Å². The Bertz CT molecular complexity index is 254. The van der Waals surface area contributed by atoms with Crippen molar-refractivity contribution in [2.45, 2.75) is 44.9 Å². The Morgan fingerprint density at radius 1 is 1.21 bits per heavy atom. The lowest BCUT2D eigenvalue weighted by molar-refractivity contribution is 0.222. The minimum absolute atomic E-state index is 0.162. The summed E-state index contributed by atoms with van der Waals surface area (Å²) in [5, 5.41) is 17.8. The van der Waals surface area contributed by atoms with Crippen molar-refractivity contribution >= 4 is 15.9 Å². The van der Waals surface area contributed by atoms with E-state index in [1.807, 2.05) is 13.8 Å². The topological polar surface area (TPSA) is 47.6 Å². The third-order valence-electron chi connectivity index (χ3n) is 3.04. The van der Waals surface area contributed by atoms with Gasteiger partial charge in [-0.05, 0) is 13.3 Å². The number of rotatable bonds is 4. The zero-order valence-corrected chi connectivity index (χ0v) is 10.8. The molecule has 3 heteroatoms. The highest BCUT2D eigenvalue weighted by molar-refractivity contribution is 9.10. The average Bonchev–Trinajstić information content (AvgIpc) is 2.05. The largest absolute Gasteiger partial charge is 0.197 e. The fourth-order valence-electron chi connectivity index (χ4n) is 1.44. The zero-order chi connectivity index (χ0) is 11.4. The first-order chi connectivity index (χ1) is 6.33. The van der Waals surface area contributed by atoms with Crippen molar-refractivity contribution in [1.29, 1.82) is 10.5 Å². The Morgan fingerprint density at radius 3 is 1.93 bits per heavy atom. The average molecular weight is 257 g/mol. The molecular weight excluding hydrogens is 240 g/mol. The van der Waals surface area contributed by atoms with E-state index in [1.165, 1.54) is 0 Å². The standard InChI is InChI=1S/C11H17BrN2/c1-5-6-11(4,12)10(2,3)9(7-13)8-14/h9H,5-6H2,1-4H3. The van der Waals surface area contributed by atoms with E-state index in [4.69, 9.17) is 10.5 Å². The van der Waals surface area contributed by atoms with Gasteiger partial charge >= 0.3 is 0 Å². The van der Waals surface area contributed by atoms with E-state index in [9.17, 15) is 0 Å². The van der Waals surface area contributed by atoms with Crippen molar-refractivity contribution in [2.75, 3.05) is 0 Å². The van der Waals surface area contributed by atoms with Crippen molar-refractivity contribution in [3.8, 4) is 12.1 Å². The predicted molar refractivity (Wildman–Crippen MR) is 60.7 cm³/mol. The fourth-order valence-corrected chi connectivity index (χ4v) is 2.07. The molecule has 0 aliphatic carbocycles. The molecule has 1 atom stereocenters. The molecule has 14 heavy (non-hydrogen) atoms. The number of nitrogens with zero attached hydrogens (tertiary/aromatic N) is 2. The highest BCUT2D eigenvalue weighted by Crippen LogP contribution is 2.46. The molecule has 0 saturated carbocycles. The van der Waals surface area contributed by atoms with Gasteiger partial charge in [-0.25, -0.2) is 0 Å². The predicted octanol–water partition coefficient (Wildman–Crippen LogP) is 3.63. The lowest BCUT2D eigenvalue weighted by atomic mass is 9.69. The molecule has 0 bridgehead atoms. The van der Waals surface area contributed by atoms with Crippen LogP contribution in [0.3, 0.4) is 0 Å². The van der Waals surface area contributed by atoms with Crippen LogP contribution in [0.1, 0.15) is 40.5 Å². The molecule has 0 aliphatic heterocycles. The quantitative estimate of drug-likeness (QED) is 0.722. The lowest BCUT2D eigenvalue weighted by Gasteiger charge is -2.40. The summed E-state index contributed by atoms with van der Waals surface area (Å²) in [5.74, 6) is -0.571. The highest BCUT2D eigenvalue weighted by Gasteiger charge is 2.44. The fraction of sp³-hybridized carbons (Fsp3) is 0.818. The van der Waals surface area contributed by atoms with Crippen LogP contribution in [0, 0.1) is 34.0 Å². The molecule has 0 amide bonds. The highest BCUT2D eigenvalue weighted by atomic mass is 79.9. The van der Waals surface area contributed by atoms with E-state index >= 15 is 0 Å². The second kappa shape index (κ2) is 4.80. The number of nitriles is 2. The van der Waals surface area contributed by atoms with E-state index in [0.29, 0.717) is 0 Å². The molecule has 78 valence electrons. The van der Waals surface area contributed by atoms with Gasteiger partial charge in [0, 0.05) is 9.74 Å². The molecule has 0 spiro atoms. The van der Waals surface area contributed by atoms with Gasteiger partial charge in [0.15, 0.2) is 0 Å². The van der Waals surface area contributed by atoms with E-state index in [-0.39, 0.29) is 9.74 Å². The van der Waals surface area contributed by atoms with Gasteiger partial charge in [-0.3, -0.25) is 0 Å². The summed E-state index contributed by atoms with van der Waals surface area (Å²) in [6.45, 7) is 8.09. The summed E-state index contributed by atoms with van der Waals surface area (Å²) in [7, 11) is 0. The molecular formula is C11H17BrN2. The van der Waals surface area contributed by atoms with Crippen LogP contribution in [0.2, 0.25) is 0 Å². The van der Waals surface area contributed by atoms with E-state index in [2.05, 4.69) is 41.9 Å². The summed E-state index contributed by atoms with van der Waals surface area (Å²) in [6, 6.07) is 4.13. The maximum atomic E-state index is 8.90. The molecule has 0 radical (unpaired) electrons. The summed E-state index contributed by atoms with van der Waals surface area (Å²) in [5.41, 5.74) is -0.341. The zero-order valence-electron chi connectivity index (χ0n) is 9.26. The minimum atomic E-state index is -0.571. The lowest BCUT2D eigenvalue weighted by Crippen LogP contribution is -2.41. The molecule has 0 saturated heterocycles. The van der Waals surface area contributed by atoms with Gasteiger partial charge in [0.25, 0.3) is 0 Å². The normalized spacial score (nSPS) is 15.7. The van der Waals surface area contributed by atoms with Gasteiger partial charge in [-0.15, -0.1) is 0 Å². The first-order valence-electron chi connectivity index (χ1n) is 4.81. The van der Waals surface area contributed by atoms with Gasteiger partial charge in [-0.2, -0.15) is 10.5 Å². The molecule has 0 N–H and O–H groups in total. The maximum absolute atomic E-state index is 8.90. The van der Waals surface area contributed by atoms with Gasteiger partial charge in [-0.1, -0.05) is 43.1 Å². The monoisotopic (exact) mass is 256 g/mol. The third kappa shape index (κ3) is 2.49. The second-order valence-electron chi connectivity index (χ2n) is 4.36. The minimum Gasteiger partial charge on any atom is -0.197 e. The first-order valence-corrected chi connectivity index (χ1v) is 5.61. The third-order valence-corrected chi connectivity index (χ3v) is 4.46. The van der Waals surface area contributed by atoms with Crippen molar-refractivity contribution < 1.29 is 0 Å². The number of halogens is 1. The Morgan fingerprint density at radius 2 is 1.64 bits per heavy atom.